The number of nitrogens with one attached hydrogen (secondary N) is 2. The molecule has 2 aliphatic rings. The summed E-state index contributed by atoms with van der Waals surface area (Å²) in [4.78, 5) is 0. The van der Waals surface area contributed by atoms with E-state index in [1.807, 2.05) is 25.2 Å². The van der Waals surface area contributed by atoms with Crippen molar-refractivity contribution in [2.24, 2.45) is 0 Å². The molecular weight excluding hydrogens is 216 g/mol. The van der Waals surface area contributed by atoms with E-state index in [-0.39, 0.29) is 12.1 Å². The van der Waals surface area contributed by atoms with E-state index in [4.69, 9.17) is 0 Å². The Balaban J connectivity index is 1.65. The minimum atomic E-state index is -0.655. The predicted octanol–water partition coefficient (Wildman–Crippen LogP) is -0.301. The molecule has 1 aliphatic carbocycles. The molecule has 94 valence electrons. The summed E-state index contributed by atoms with van der Waals surface area (Å²) in [5.41, 5.74) is 4.27. The Morgan fingerprint density at radius 3 is 2.82 bits per heavy atom. The van der Waals surface area contributed by atoms with E-state index in [9.17, 15) is 10.2 Å². The van der Waals surface area contributed by atoms with Crippen molar-refractivity contribution in [1.82, 2.24) is 10.6 Å². The maximum absolute atomic E-state index is 9.76. The second-order valence-corrected chi connectivity index (χ2v) is 4.70. The fourth-order valence-electron chi connectivity index (χ4n) is 2.28. The normalized spacial score (nSPS) is 35.6. The molecule has 1 aliphatic heterocycles. The lowest BCUT2D eigenvalue weighted by atomic mass is 10.1. The highest BCUT2D eigenvalue weighted by atomic mass is 16.3. The average Bonchev–Trinajstić information content (AvgIpc) is 2.90. The molecule has 1 heterocycles. The predicted molar refractivity (Wildman–Crippen MR) is 66.6 cm³/mol. The highest BCUT2D eigenvalue weighted by Gasteiger charge is 2.37. The van der Waals surface area contributed by atoms with Gasteiger partial charge in [0.2, 0.25) is 0 Å². The van der Waals surface area contributed by atoms with Gasteiger partial charge in [-0.25, -0.2) is 0 Å². The van der Waals surface area contributed by atoms with Crippen LogP contribution in [0.1, 0.15) is 13.3 Å². The molecule has 0 aromatic carbocycles. The number of hydrogen-bond acceptors (Lipinski definition) is 4. The summed E-state index contributed by atoms with van der Waals surface area (Å²) in [6.45, 7) is 3.50. The Labute approximate surface area is 102 Å². The van der Waals surface area contributed by atoms with Gasteiger partial charge in [0.1, 0.15) is 0 Å². The lowest BCUT2D eigenvalue weighted by Crippen LogP contribution is -2.36. The lowest BCUT2D eigenvalue weighted by molar-refractivity contribution is 0.0293. The Morgan fingerprint density at radius 1 is 1.41 bits per heavy atom. The summed E-state index contributed by atoms with van der Waals surface area (Å²) in [5, 5.41) is 25.9. The molecule has 4 N–H and O–H groups in total. The van der Waals surface area contributed by atoms with E-state index in [0.717, 1.165) is 25.1 Å². The molecule has 0 radical (unpaired) electrons. The van der Waals surface area contributed by atoms with Gasteiger partial charge in [-0.3, -0.25) is 0 Å². The second-order valence-electron chi connectivity index (χ2n) is 4.70. The number of aliphatic hydroxyl groups excluding tert-OH is 2. The highest BCUT2D eigenvalue weighted by Crippen LogP contribution is 2.16. The molecule has 0 spiro atoms. The number of aliphatic hydroxyl groups is 2. The fourth-order valence-corrected chi connectivity index (χ4v) is 2.28. The molecule has 0 aromatic rings. The van der Waals surface area contributed by atoms with Crippen LogP contribution in [0, 0.1) is 0 Å². The van der Waals surface area contributed by atoms with Gasteiger partial charge in [0.05, 0.1) is 12.2 Å². The first-order valence-electron chi connectivity index (χ1n) is 6.13. The SMILES string of the molecule is C[C@@H]1N[C@@H](CCNCC2=C=CC=C2)[C@H](O)[C@@H]1O. The molecule has 1 saturated heterocycles. The van der Waals surface area contributed by atoms with Gasteiger partial charge in [-0.05, 0) is 32.0 Å². The van der Waals surface area contributed by atoms with Gasteiger partial charge in [0, 0.05) is 24.2 Å². The van der Waals surface area contributed by atoms with E-state index in [0.29, 0.717) is 0 Å². The molecule has 1 fully saturated rings. The first-order chi connectivity index (χ1) is 8.18. The van der Waals surface area contributed by atoms with Crippen LogP contribution in [0.4, 0.5) is 0 Å². The summed E-state index contributed by atoms with van der Waals surface area (Å²) >= 11 is 0. The smallest absolute Gasteiger partial charge is 0.0967 e. The average molecular weight is 236 g/mol. The van der Waals surface area contributed by atoms with Crippen molar-refractivity contribution < 1.29 is 10.2 Å². The summed E-state index contributed by atoms with van der Waals surface area (Å²) in [6, 6.07) is -0.0467. The summed E-state index contributed by atoms with van der Waals surface area (Å²) in [7, 11) is 0. The van der Waals surface area contributed by atoms with Crippen molar-refractivity contribution in [2.75, 3.05) is 13.1 Å². The van der Waals surface area contributed by atoms with Crippen LogP contribution in [0.3, 0.4) is 0 Å². The summed E-state index contributed by atoms with van der Waals surface area (Å²) in [6.07, 6.45) is 5.40. The Hall–Kier alpha value is -0.900. The monoisotopic (exact) mass is 236 g/mol. The van der Waals surface area contributed by atoms with Crippen LogP contribution < -0.4 is 10.6 Å². The van der Waals surface area contributed by atoms with E-state index in [1.165, 1.54) is 0 Å². The zero-order valence-electron chi connectivity index (χ0n) is 10.1. The second kappa shape index (κ2) is 5.63. The standard InChI is InChI=1S/C13H20N2O2/c1-9-12(16)13(17)11(15-9)6-7-14-8-10-4-2-3-5-10/h2-4,9,11-17H,6-8H2,1H3/t9-,11-,12+,13-/m0/s1. The lowest BCUT2D eigenvalue weighted by Gasteiger charge is -2.15. The number of allylic oxidation sites excluding steroid dienone is 1. The highest BCUT2D eigenvalue weighted by molar-refractivity contribution is 5.29. The molecule has 2 rings (SSSR count). The molecule has 0 amide bonds. The molecule has 17 heavy (non-hydrogen) atoms. The number of hydrogen-bond donors (Lipinski definition) is 4. The van der Waals surface area contributed by atoms with E-state index in [2.05, 4.69) is 16.4 Å². The van der Waals surface area contributed by atoms with Gasteiger partial charge >= 0.3 is 0 Å². The van der Waals surface area contributed by atoms with Gasteiger partial charge in [0.15, 0.2) is 0 Å². The third-order valence-electron chi connectivity index (χ3n) is 3.36. The van der Waals surface area contributed by atoms with Gasteiger partial charge in [0.25, 0.3) is 0 Å². The van der Waals surface area contributed by atoms with Crippen molar-refractivity contribution in [2.45, 2.75) is 37.6 Å². The molecule has 4 atom stereocenters. The molecule has 4 heteroatoms. The van der Waals surface area contributed by atoms with Crippen LogP contribution in [0.25, 0.3) is 0 Å². The molecule has 0 bridgehead atoms. The van der Waals surface area contributed by atoms with Gasteiger partial charge in [-0.2, -0.15) is 0 Å². The van der Waals surface area contributed by atoms with Gasteiger partial charge in [-0.15, -0.1) is 5.73 Å². The van der Waals surface area contributed by atoms with Crippen LogP contribution >= 0.6 is 0 Å². The first-order valence-corrected chi connectivity index (χ1v) is 6.13. The number of rotatable bonds is 5. The third-order valence-corrected chi connectivity index (χ3v) is 3.36. The molecule has 4 nitrogen and oxygen atoms in total. The van der Waals surface area contributed by atoms with Crippen molar-refractivity contribution in [3.05, 3.63) is 29.5 Å². The molecular formula is C13H20N2O2. The molecule has 0 saturated carbocycles. The van der Waals surface area contributed by atoms with E-state index in [1.54, 1.807) is 0 Å². The van der Waals surface area contributed by atoms with Crippen molar-refractivity contribution in [3.8, 4) is 0 Å². The minimum absolute atomic E-state index is 0.0175. The zero-order valence-corrected chi connectivity index (χ0v) is 10.1. The Kier molecular flexibility index (Phi) is 4.15. The minimum Gasteiger partial charge on any atom is -0.389 e. The van der Waals surface area contributed by atoms with Crippen LogP contribution in [-0.4, -0.2) is 47.6 Å². The van der Waals surface area contributed by atoms with Crippen molar-refractivity contribution >= 4 is 0 Å². The quantitative estimate of drug-likeness (QED) is 0.391. The maximum Gasteiger partial charge on any atom is 0.0967 e. The maximum atomic E-state index is 9.76. The third kappa shape index (κ3) is 3.06. The van der Waals surface area contributed by atoms with Crippen LogP contribution in [-0.2, 0) is 0 Å². The zero-order chi connectivity index (χ0) is 12.3. The van der Waals surface area contributed by atoms with Crippen molar-refractivity contribution in [3.63, 3.8) is 0 Å². The topological polar surface area (TPSA) is 64.5 Å². The van der Waals surface area contributed by atoms with E-state index >= 15 is 0 Å². The molecule has 0 unspecified atom stereocenters. The molecule has 0 aromatic heterocycles. The van der Waals surface area contributed by atoms with Crippen LogP contribution in [0.2, 0.25) is 0 Å². The van der Waals surface area contributed by atoms with E-state index < -0.39 is 12.2 Å². The van der Waals surface area contributed by atoms with Gasteiger partial charge in [-0.1, -0.05) is 6.08 Å². The Bertz CT molecular complexity index is 358. The van der Waals surface area contributed by atoms with Crippen LogP contribution in [0.15, 0.2) is 29.5 Å². The van der Waals surface area contributed by atoms with Crippen LogP contribution in [0.5, 0.6) is 0 Å². The van der Waals surface area contributed by atoms with Crippen molar-refractivity contribution in [1.29, 1.82) is 0 Å². The Morgan fingerprint density at radius 2 is 2.24 bits per heavy atom. The first kappa shape index (κ1) is 12.6. The fraction of sp³-hybridized carbons (Fsp3) is 0.615. The van der Waals surface area contributed by atoms with Gasteiger partial charge < -0.3 is 20.8 Å². The largest absolute Gasteiger partial charge is 0.389 e. The summed E-state index contributed by atoms with van der Waals surface area (Å²) < 4.78 is 0. The summed E-state index contributed by atoms with van der Waals surface area (Å²) in [5.74, 6) is 0.